The van der Waals surface area contributed by atoms with E-state index in [1.54, 1.807) is 0 Å². The largest absolute Gasteiger partial charge is 0.421 e. The van der Waals surface area contributed by atoms with Crippen molar-refractivity contribution in [2.24, 2.45) is 0 Å². The number of hydrogen-bond acceptors (Lipinski definition) is 4. The second-order valence-electron chi connectivity index (χ2n) is 4.47. The Hall–Kier alpha value is -2.47. The van der Waals surface area contributed by atoms with Gasteiger partial charge in [-0.25, -0.2) is 13.6 Å². The van der Waals surface area contributed by atoms with E-state index >= 15 is 0 Å². The Labute approximate surface area is 135 Å². The van der Waals surface area contributed by atoms with Gasteiger partial charge < -0.3 is 9.47 Å². The third kappa shape index (κ3) is 4.04. The maximum atomic E-state index is 13.6. The summed E-state index contributed by atoms with van der Waals surface area (Å²) in [7, 11) is 0. The Kier molecular flexibility index (Phi) is 5.28. The minimum atomic E-state index is -1.25. The number of carbonyl (C=O) groups is 2. The Balaban J connectivity index is 2.27. The molecule has 1 atom stereocenters. The lowest BCUT2D eigenvalue weighted by molar-refractivity contribution is -0.133. The average molecular weight is 341 g/mol. The SMILES string of the molecule is CC(Cl)C(=O)Oc1ccccc1OC(=O)c1c(F)cccc1F. The molecule has 1 unspecified atom stereocenters. The molecule has 0 aliphatic heterocycles. The minimum absolute atomic E-state index is 0.0879. The van der Waals surface area contributed by atoms with Gasteiger partial charge in [0.1, 0.15) is 22.6 Å². The maximum Gasteiger partial charge on any atom is 0.349 e. The van der Waals surface area contributed by atoms with Crippen molar-refractivity contribution in [2.75, 3.05) is 0 Å². The maximum absolute atomic E-state index is 13.6. The summed E-state index contributed by atoms with van der Waals surface area (Å²) in [4.78, 5) is 23.5. The molecule has 0 aromatic heterocycles. The second kappa shape index (κ2) is 7.19. The van der Waals surface area contributed by atoms with Crippen LogP contribution in [-0.2, 0) is 4.79 Å². The zero-order valence-corrected chi connectivity index (χ0v) is 12.6. The van der Waals surface area contributed by atoms with Crippen molar-refractivity contribution in [3.05, 3.63) is 59.7 Å². The molecule has 0 radical (unpaired) electrons. The summed E-state index contributed by atoms with van der Waals surface area (Å²) in [5.74, 6) is -4.37. The van der Waals surface area contributed by atoms with Crippen molar-refractivity contribution >= 4 is 23.5 Å². The number of rotatable bonds is 4. The summed E-state index contributed by atoms with van der Waals surface area (Å²) in [6, 6.07) is 8.69. The molecular weight excluding hydrogens is 330 g/mol. The quantitative estimate of drug-likeness (QED) is 0.483. The van der Waals surface area contributed by atoms with Crippen LogP contribution in [0.25, 0.3) is 0 Å². The Bertz CT molecular complexity index is 726. The van der Waals surface area contributed by atoms with E-state index in [2.05, 4.69) is 0 Å². The molecule has 4 nitrogen and oxygen atoms in total. The number of esters is 2. The number of hydrogen-bond donors (Lipinski definition) is 0. The molecule has 0 heterocycles. The lowest BCUT2D eigenvalue weighted by atomic mass is 10.2. The van der Waals surface area contributed by atoms with Crippen LogP contribution in [0.4, 0.5) is 8.78 Å². The molecule has 0 amide bonds. The molecule has 0 saturated carbocycles. The van der Waals surface area contributed by atoms with Crippen molar-refractivity contribution in [1.82, 2.24) is 0 Å². The van der Waals surface area contributed by atoms with Gasteiger partial charge in [0, 0.05) is 0 Å². The number of alkyl halides is 1. The van der Waals surface area contributed by atoms with Gasteiger partial charge in [0.15, 0.2) is 11.5 Å². The van der Waals surface area contributed by atoms with E-state index in [1.165, 1.54) is 31.2 Å². The third-order valence-corrected chi connectivity index (χ3v) is 2.93. The smallest absolute Gasteiger partial charge is 0.349 e. The highest BCUT2D eigenvalue weighted by Crippen LogP contribution is 2.28. The molecule has 0 saturated heterocycles. The standard InChI is InChI=1S/C16H11ClF2O4/c1-9(17)15(20)22-12-7-2-3-8-13(12)23-16(21)14-10(18)5-4-6-11(14)19/h2-9H,1H3. The molecule has 0 aliphatic carbocycles. The molecule has 7 heteroatoms. The lowest BCUT2D eigenvalue weighted by Crippen LogP contribution is -2.19. The van der Waals surface area contributed by atoms with Crippen molar-refractivity contribution < 1.29 is 27.8 Å². The van der Waals surface area contributed by atoms with Gasteiger partial charge in [-0.05, 0) is 31.2 Å². The highest BCUT2D eigenvalue weighted by molar-refractivity contribution is 6.29. The van der Waals surface area contributed by atoms with Gasteiger partial charge in [-0.1, -0.05) is 18.2 Å². The molecule has 0 spiro atoms. The Morgan fingerprint density at radius 3 is 2.00 bits per heavy atom. The van der Waals surface area contributed by atoms with Gasteiger partial charge in [-0.2, -0.15) is 0 Å². The Morgan fingerprint density at radius 1 is 0.957 bits per heavy atom. The average Bonchev–Trinajstić information content (AvgIpc) is 2.48. The summed E-state index contributed by atoms with van der Waals surface area (Å²) in [6.45, 7) is 1.41. The van der Waals surface area contributed by atoms with Gasteiger partial charge in [0.25, 0.3) is 0 Å². The van der Waals surface area contributed by atoms with E-state index < -0.39 is 34.5 Å². The summed E-state index contributed by atoms with van der Waals surface area (Å²) >= 11 is 5.59. The van der Waals surface area contributed by atoms with Crippen molar-refractivity contribution in [2.45, 2.75) is 12.3 Å². The third-order valence-electron chi connectivity index (χ3n) is 2.75. The van der Waals surface area contributed by atoms with Crippen molar-refractivity contribution in [3.63, 3.8) is 0 Å². The molecule has 23 heavy (non-hydrogen) atoms. The normalized spacial score (nSPS) is 11.7. The van der Waals surface area contributed by atoms with Gasteiger partial charge in [-0.3, -0.25) is 4.79 Å². The summed E-state index contributed by atoms with van der Waals surface area (Å²) in [6.07, 6.45) is 0. The van der Waals surface area contributed by atoms with Gasteiger partial charge in [0.05, 0.1) is 0 Å². The highest BCUT2D eigenvalue weighted by atomic mass is 35.5. The van der Waals surface area contributed by atoms with Crippen LogP contribution < -0.4 is 9.47 Å². The van der Waals surface area contributed by atoms with Crippen molar-refractivity contribution in [3.8, 4) is 11.5 Å². The first-order valence-corrected chi connectivity index (χ1v) is 6.94. The fourth-order valence-corrected chi connectivity index (χ4v) is 1.70. The van der Waals surface area contributed by atoms with Gasteiger partial charge >= 0.3 is 11.9 Å². The highest BCUT2D eigenvalue weighted by Gasteiger charge is 2.22. The predicted molar refractivity (Wildman–Crippen MR) is 78.7 cm³/mol. The number of para-hydroxylation sites is 2. The van der Waals surface area contributed by atoms with Crippen LogP contribution in [0, 0.1) is 11.6 Å². The fraction of sp³-hybridized carbons (Fsp3) is 0.125. The molecule has 0 N–H and O–H groups in total. The van der Waals surface area contributed by atoms with Gasteiger partial charge in [0.2, 0.25) is 0 Å². The van der Waals surface area contributed by atoms with Crippen LogP contribution in [0.3, 0.4) is 0 Å². The zero-order valence-electron chi connectivity index (χ0n) is 11.9. The van der Waals surface area contributed by atoms with Crippen LogP contribution in [0.1, 0.15) is 17.3 Å². The van der Waals surface area contributed by atoms with E-state index in [0.29, 0.717) is 0 Å². The first-order chi connectivity index (χ1) is 10.9. The first-order valence-electron chi connectivity index (χ1n) is 6.51. The summed E-state index contributed by atoms with van der Waals surface area (Å²) in [5, 5.41) is -0.914. The molecular formula is C16H11ClF2O4. The minimum Gasteiger partial charge on any atom is -0.421 e. The van der Waals surface area contributed by atoms with E-state index in [4.69, 9.17) is 21.1 Å². The van der Waals surface area contributed by atoms with Crippen LogP contribution >= 0.6 is 11.6 Å². The number of carbonyl (C=O) groups excluding carboxylic acids is 2. The number of halogens is 3. The fourth-order valence-electron chi connectivity index (χ4n) is 1.65. The molecule has 2 rings (SSSR count). The molecule has 0 aliphatic rings. The first kappa shape index (κ1) is 16.9. The van der Waals surface area contributed by atoms with E-state index in [-0.39, 0.29) is 11.5 Å². The molecule has 2 aromatic carbocycles. The van der Waals surface area contributed by atoms with Crippen LogP contribution in [0.2, 0.25) is 0 Å². The molecule has 2 aromatic rings. The Morgan fingerprint density at radius 2 is 1.48 bits per heavy atom. The van der Waals surface area contributed by atoms with E-state index in [0.717, 1.165) is 18.2 Å². The van der Waals surface area contributed by atoms with Gasteiger partial charge in [-0.15, -0.1) is 11.6 Å². The molecule has 0 fully saturated rings. The second-order valence-corrected chi connectivity index (χ2v) is 5.12. The van der Waals surface area contributed by atoms with E-state index in [9.17, 15) is 18.4 Å². The zero-order chi connectivity index (χ0) is 17.0. The lowest BCUT2D eigenvalue weighted by Gasteiger charge is -2.11. The topological polar surface area (TPSA) is 52.6 Å². The van der Waals surface area contributed by atoms with Crippen LogP contribution in [-0.4, -0.2) is 17.3 Å². The number of benzene rings is 2. The van der Waals surface area contributed by atoms with Crippen molar-refractivity contribution in [1.29, 1.82) is 0 Å². The summed E-state index contributed by atoms with van der Waals surface area (Å²) < 4.78 is 37.1. The monoisotopic (exact) mass is 340 g/mol. The van der Waals surface area contributed by atoms with Crippen LogP contribution in [0.5, 0.6) is 11.5 Å². The number of ether oxygens (including phenoxy) is 2. The van der Waals surface area contributed by atoms with Crippen LogP contribution in [0.15, 0.2) is 42.5 Å². The predicted octanol–water partition coefficient (Wildman–Crippen LogP) is 3.72. The molecule has 0 bridgehead atoms. The van der Waals surface area contributed by atoms with E-state index in [1.807, 2.05) is 0 Å². The molecule has 120 valence electrons. The summed E-state index contributed by atoms with van der Waals surface area (Å²) in [5.41, 5.74) is -0.834.